The van der Waals surface area contributed by atoms with E-state index < -0.39 is 0 Å². The lowest BCUT2D eigenvalue weighted by Gasteiger charge is -1.99. The number of hydrogen-bond acceptors (Lipinski definition) is 5. The third kappa shape index (κ3) is 2.61. The third-order valence-electron chi connectivity index (χ3n) is 2.69. The number of fused-ring (bicyclic) bond motifs is 1. The summed E-state index contributed by atoms with van der Waals surface area (Å²) in [6.45, 7) is 1.94. The smallest absolute Gasteiger partial charge is 0.204 e. The molecule has 0 aliphatic heterocycles. The minimum Gasteiger partial charge on any atom is -0.264 e. The molecule has 0 aliphatic rings. The number of nitrogens with zero attached hydrogens (tertiary/aromatic N) is 3. The van der Waals surface area contributed by atoms with Gasteiger partial charge in [0.2, 0.25) is 5.13 Å². The fraction of sp³-hybridized carbons (Fsp3) is 0.0714. The van der Waals surface area contributed by atoms with E-state index in [1.54, 1.807) is 23.7 Å². The molecule has 5 heteroatoms. The lowest BCUT2D eigenvalue weighted by atomic mass is 10.2. The molecule has 0 bridgehead atoms. The molecule has 1 N–H and O–H groups in total. The minimum absolute atomic E-state index is 0.796. The van der Waals surface area contributed by atoms with Gasteiger partial charge in [-0.15, -0.1) is 0 Å². The van der Waals surface area contributed by atoms with Gasteiger partial charge < -0.3 is 0 Å². The Bertz CT molecular complexity index is 685. The molecule has 1 aromatic carbocycles. The van der Waals surface area contributed by atoms with Crippen molar-refractivity contribution in [2.45, 2.75) is 6.92 Å². The maximum atomic E-state index is 4.46. The van der Waals surface area contributed by atoms with Crippen LogP contribution in [0.3, 0.4) is 0 Å². The molecule has 0 amide bonds. The highest BCUT2D eigenvalue weighted by molar-refractivity contribution is 7.22. The molecule has 0 spiro atoms. The number of thiazole rings is 1. The van der Waals surface area contributed by atoms with Crippen molar-refractivity contribution in [1.29, 1.82) is 0 Å². The van der Waals surface area contributed by atoms with Gasteiger partial charge in [-0.25, -0.2) is 4.98 Å². The van der Waals surface area contributed by atoms with E-state index in [1.165, 1.54) is 0 Å². The zero-order valence-electron chi connectivity index (χ0n) is 10.4. The van der Waals surface area contributed by atoms with E-state index in [9.17, 15) is 0 Å². The predicted molar refractivity (Wildman–Crippen MR) is 79.7 cm³/mol. The molecule has 94 valence electrons. The normalized spacial score (nSPS) is 11.7. The van der Waals surface area contributed by atoms with E-state index in [1.807, 2.05) is 37.3 Å². The molecule has 0 saturated heterocycles. The SMILES string of the molecule is C/C(=N\Nc1nc2ccccc2s1)c1cccnc1. The maximum absolute atomic E-state index is 4.46. The quantitative estimate of drug-likeness (QED) is 0.584. The van der Waals surface area contributed by atoms with Crippen LogP contribution in [0.25, 0.3) is 10.2 Å². The van der Waals surface area contributed by atoms with Crippen LogP contribution in [0.1, 0.15) is 12.5 Å². The number of hydrazone groups is 1. The number of rotatable bonds is 3. The summed E-state index contributed by atoms with van der Waals surface area (Å²) in [7, 11) is 0. The monoisotopic (exact) mass is 268 g/mol. The highest BCUT2D eigenvalue weighted by Gasteiger charge is 2.02. The van der Waals surface area contributed by atoms with Gasteiger partial charge in [-0.3, -0.25) is 10.4 Å². The zero-order valence-corrected chi connectivity index (χ0v) is 11.2. The second kappa shape index (κ2) is 5.16. The van der Waals surface area contributed by atoms with Crippen molar-refractivity contribution in [1.82, 2.24) is 9.97 Å². The van der Waals surface area contributed by atoms with Crippen molar-refractivity contribution in [2.75, 3.05) is 5.43 Å². The van der Waals surface area contributed by atoms with Crippen LogP contribution in [0.5, 0.6) is 0 Å². The topological polar surface area (TPSA) is 50.2 Å². The van der Waals surface area contributed by atoms with Crippen LogP contribution < -0.4 is 5.43 Å². The van der Waals surface area contributed by atoms with E-state index in [4.69, 9.17) is 0 Å². The van der Waals surface area contributed by atoms with Crippen LogP contribution in [0.4, 0.5) is 5.13 Å². The Morgan fingerprint density at radius 1 is 1.21 bits per heavy atom. The predicted octanol–water partition coefficient (Wildman–Crippen LogP) is 3.53. The summed E-state index contributed by atoms with van der Waals surface area (Å²) < 4.78 is 1.15. The molecule has 0 radical (unpaired) electrons. The van der Waals surface area contributed by atoms with E-state index in [2.05, 4.69) is 26.6 Å². The zero-order chi connectivity index (χ0) is 13.1. The van der Waals surface area contributed by atoms with Crippen LogP contribution in [0.15, 0.2) is 53.9 Å². The van der Waals surface area contributed by atoms with Crippen LogP contribution in [0.2, 0.25) is 0 Å². The average Bonchev–Trinajstić information content (AvgIpc) is 2.88. The van der Waals surface area contributed by atoms with Crippen molar-refractivity contribution in [2.24, 2.45) is 5.10 Å². The van der Waals surface area contributed by atoms with Gasteiger partial charge >= 0.3 is 0 Å². The summed E-state index contributed by atoms with van der Waals surface area (Å²) in [5, 5.41) is 5.13. The van der Waals surface area contributed by atoms with Crippen molar-refractivity contribution in [3.63, 3.8) is 0 Å². The molecular formula is C14H12N4S. The Kier molecular flexibility index (Phi) is 3.20. The number of nitrogens with one attached hydrogen (secondary N) is 1. The molecule has 0 fully saturated rings. The second-order valence-electron chi connectivity index (χ2n) is 4.04. The standard InChI is InChI=1S/C14H12N4S/c1-10(11-5-4-8-15-9-11)17-18-14-16-12-6-2-3-7-13(12)19-14/h2-9H,1H3,(H,16,18)/b17-10+. The molecule has 0 atom stereocenters. The lowest BCUT2D eigenvalue weighted by Crippen LogP contribution is -1.99. The molecule has 3 aromatic rings. The Morgan fingerprint density at radius 3 is 2.89 bits per heavy atom. The van der Waals surface area contributed by atoms with Crippen LogP contribution in [-0.2, 0) is 0 Å². The number of aromatic nitrogens is 2. The van der Waals surface area contributed by atoms with Gasteiger partial charge in [-0.2, -0.15) is 5.10 Å². The summed E-state index contributed by atoms with van der Waals surface area (Å²) in [4.78, 5) is 8.54. The average molecular weight is 268 g/mol. The first kappa shape index (κ1) is 11.8. The number of para-hydroxylation sites is 1. The van der Waals surface area contributed by atoms with E-state index in [-0.39, 0.29) is 0 Å². The fourth-order valence-electron chi connectivity index (χ4n) is 1.69. The van der Waals surface area contributed by atoms with E-state index in [0.717, 1.165) is 26.6 Å². The summed E-state index contributed by atoms with van der Waals surface area (Å²) in [5.74, 6) is 0. The first-order chi connectivity index (χ1) is 9.33. The van der Waals surface area contributed by atoms with Crippen LogP contribution >= 0.6 is 11.3 Å². The van der Waals surface area contributed by atoms with Gasteiger partial charge in [0.25, 0.3) is 0 Å². The summed E-state index contributed by atoms with van der Waals surface area (Å²) >= 11 is 1.59. The maximum Gasteiger partial charge on any atom is 0.204 e. The molecule has 2 aromatic heterocycles. The molecule has 0 saturated carbocycles. The second-order valence-corrected chi connectivity index (χ2v) is 5.07. The fourth-order valence-corrected chi connectivity index (χ4v) is 2.50. The van der Waals surface area contributed by atoms with Crippen molar-refractivity contribution >= 4 is 32.4 Å². The Labute approximate surface area is 114 Å². The number of hydrogen-bond donors (Lipinski definition) is 1. The van der Waals surface area contributed by atoms with Crippen LogP contribution in [-0.4, -0.2) is 15.7 Å². The van der Waals surface area contributed by atoms with Crippen LogP contribution in [0, 0.1) is 0 Å². The number of benzene rings is 1. The first-order valence-corrected chi connectivity index (χ1v) is 6.71. The van der Waals surface area contributed by atoms with Gasteiger partial charge in [-0.05, 0) is 25.1 Å². The molecular weight excluding hydrogens is 256 g/mol. The summed E-state index contributed by atoms with van der Waals surface area (Å²) in [6, 6.07) is 11.9. The lowest BCUT2D eigenvalue weighted by molar-refractivity contribution is 1.27. The largest absolute Gasteiger partial charge is 0.264 e. The van der Waals surface area contributed by atoms with Crippen molar-refractivity contribution in [3.05, 3.63) is 54.4 Å². The van der Waals surface area contributed by atoms with E-state index >= 15 is 0 Å². The Hall–Kier alpha value is -2.27. The van der Waals surface area contributed by atoms with Gasteiger partial charge in [0, 0.05) is 18.0 Å². The summed E-state index contributed by atoms with van der Waals surface area (Å²) in [5.41, 5.74) is 5.87. The Balaban J connectivity index is 1.82. The van der Waals surface area contributed by atoms with Gasteiger partial charge in [-0.1, -0.05) is 29.5 Å². The number of anilines is 1. The molecule has 19 heavy (non-hydrogen) atoms. The first-order valence-electron chi connectivity index (χ1n) is 5.89. The molecule has 2 heterocycles. The summed E-state index contributed by atoms with van der Waals surface area (Å²) in [6.07, 6.45) is 3.54. The number of pyridine rings is 1. The molecule has 3 rings (SSSR count). The van der Waals surface area contributed by atoms with Gasteiger partial charge in [0.1, 0.15) is 0 Å². The highest BCUT2D eigenvalue weighted by atomic mass is 32.1. The molecule has 0 aliphatic carbocycles. The van der Waals surface area contributed by atoms with Gasteiger partial charge in [0.15, 0.2) is 0 Å². The third-order valence-corrected chi connectivity index (χ3v) is 3.63. The minimum atomic E-state index is 0.796. The van der Waals surface area contributed by atoms with Gasteiger partial charge in [0.05, 0.1) is 15.9 Å². The van der Waals surface area contributed by atoms with Crippen molar-refractivity contribution < 1.29 is 0 Å². The molecule has 4 nitrogen and oxygen atoms in total. The highest BCUT2D eigenvalue weighted by Crippen LogP contribution is 2.25. The Morgan fingerprint density at radius 2 is 2.11 bits per heavy atom. The molecule has 0 unspecified atom stereocenters. The van der Waals surface area contributed by atoms with E-state index in [0.29, 0.717) is 0 Å². The van der Waals surface area contributed by atoms with Crippen molar-refractivity contribution in [3.8, 4) is 0 Å².